The Hall–Kier alpha value is -4.22. The van der Waals surface area contributed by atoms with Crippen LogP contribution in [0.3, 0.4) is 0 Å². The Kier molecular flexibility index (Phi) is 9.01. The lowest BCUT2D eigenvalue weighted by molar-refractivity contribution is -0.136. The summed E-state index contributed by atoms with van der Waals surface area (Å²) < 4.78 is 7.43. The Morgan fingerprint density at radius 2 is 1.80 bits per heavy atom. The summed E-state index contributed by atoms with van der Waals surface area (Å²) in [7, 11) is 1.74. The van der Waals surface area contributed by atoms with Gasteiger partial charge in [0, 0.05) is 37.3 Å². The number of benzene rings is 2. The second kappa shape index (κ2) is 13.2. The van der Waals surface area contributed by atoms with Gasteiger partial charge in [-0.25, -0.2) is 4.98 Å². The number of amides is 3. The van der Waals surface area contributed by atoms with Crippen LogP contribution in [0.1, 0.15) is 98.7 Å². The van der Waals surface area contributed by atoms with Gasteiger partial charge in [-0.15, -0.1) is 0 Å². The number of imidazole rings is 1. The summed E-state index contributed by atoms with van der Waals surface area (Å²) in [6, 6.07) is 14.1. The van der Waals surface area contributed by atoms with Crippen LogP contribution in [-0.2, 0) is 26.8 Å². The number of H-pyrrole nitrogens is 1. The van der Waals surface area contributed by atoms with E-state index in [4.69, 9.17) is 21.3 Å². The molecule has 2 aromatic carbocycles. The molecule has 2 saturated carbocycles. The molecule has 11 nitrogen and oxygen atoms in total. The van der Waals surface area contributed by atoms with Gasteiger partial charge in [-0.3, -0.25) is 19.1 Å². The molecule has 3 aliphatic rings. The molecule has 4 atom stereocenters. The lowest BCUT2D eigenvalue weighted by Crippen LogP contribution is -2.61. The molecule has 2 aliphatic carbocycles. The molecule has 3 heterocycles. The van der Waals surface area contributed by atoms with Gasteiger partial charge in [-0.2, -0.15) is 5.10 Å². The number of nitrogens with zero attached hydrogens (tertiary/aromatic N) is 3. The number of aryl methyl sites for hydroxylation is 1. The van der Waals surface area contributed by atoms with Crippen LogP contribution in [0.25, 0.3) is 11.0 Å². The Bertz CT molecular complexity index is 1920. The van der Waals surface area contributed by atoms with Crippen molar-refractivity contribution < 1.29 is 19.1 Å². The highest BCUT2D eigenvalue weighted by Gasteiger charge is 2.52. The van der Waals surface area contributed by atoms with E-state index >= 15 is 0 Å². The van der Waals surface area contributed by atoms with Crippen molar-refractivity contribution in [2.75, 3.05) is 19.8 Å². The number of nitrogens with one attached hydrogen (secondary N) is 4. The third kappa shape index (κ3) is 6.08. The van der Waals surface area contributed by atoms with E-state index in [-0.39, 0.29) is 41.1 Å². The minimum absolute atomic E-state index is 0.111. The Balaban J connectivity index is 1.26. The van der Waals surface area contributed by atoms with Crippen LogP contribution in [0.15, 0.2) is 54.7 Å². The Morgan fingerprint density at radius 3 is 2.42 bits per heavy atom. The van der Waals surface area contributed by atoms with Crippen molar-refractivity contribution in [1.82, 2.24) is 35.7 Å². The zero-order chi connectivity index (χ0) is 35.3. The smallest absolute Gasteiger partial charge is 0.270 e. The number of rotatable bonds is 12. The normalized spacial score (nSPS) is 22.3. The van der Waals surface area contributed by atoms with Crippen LogP contribution in [0.2, 0.25) is 5.02 Å². The average Bonchev–Trinajstić information content (AvgIpc) is 3.47. The first kappa shape index (κ1) is 34.2. The third-order valence-electron chi connectivity index (χ3n) is 11.6. The summed E-state index contributed by atoms with van der Waals surface area (Å²) >= 11 is 6.84. The molecule has 1 unspecified atom stereocenters. The quantitative estimate of drug-likeness (QED) is 0.154. The van der Waals surface area contributed by atoms with E-state index in [0.29, 0.717) is 41.6 Å². The summed E-state index contributed by atoms with van der Waals surface area (Å²) in [5.41, 5.74) is 2.24. The number of carbonyl (C=O) groups excluding carboxylic acids is 3. The van der Waals surface area contributed by atoms with E-state index in [1.807, 2.05) is 49.4 Å². The molecule has 7 rings (SSSR count). The number of aromatic nitrogens is 4. The molecule has 50 heavy (non-hydrogen) atoms. The standard InChI is InChI=1S/C38H46ClN7O4/c1-5-40-34(48)31(37(3)14-8-15-37)45-35(49)38(18-20-50-22-38)23-11-12-26-27(21-23)43-32(42-26)30(44-33(47)28-13-19-41-46(28)4)29(36(2)16-17-36)24-9-6-7-10-25(24)39/h6-7,9-13,19,21,29-31H,5,8,14-18,20,22H2,1-4H3,(H,40,48)(H,42,43)(H,44,47)(H,45,49)/t29-,30-,31-,38?/m0/s1. The summed E-state index contributed by atoms with van der Waals surface area (Å²) in [6.07, 6.45) is 6.86. The van der Waals surface area contributed by atoms with Gasteiger partial charge in [-0.1, -0.05) is 56.1 Å². The van der Waals surface area contributed by atoms with E-state index in [1.165, 1.54) is 0 Å². The van der Waals surface area contributed by atoms with Gasteiger partial charge < -0.3 is 25.7 Å². The van der Waals surface area contributed by atoms with Crippen molar-refractivity contribution >= 4 is 40.4 Å². The number of carbonyl (C=O) groups is 3. The SMILES string of the molecule is CCNC(=O)[C@H](NC(=O)C1(c2ccc3nc([C@@H](NC(=O)c4ccnn4C)[C@H](c4ccccc4Cl)C4(C)CC4)[nH]c3c2)CCOC1)C1(C)CCC1. The predicted octanol–water partition coefficient (Wildman–Crippen LogP) is 5.47. The summed E-state index contributed by atoms with van der Waals surface area (Å²) in [5, 5.41) is 14.2. The van der Waals surface area contributed by atoms with E-state index in [2.05, 4.69) is 39.9 Å². The topological polar surface area (TPSA) is 143 Å². The molecule has 12 heteroatoms. The van der Waals surface area contributed by atoms with E-state index < -0.39 is 17.5 Å². The van der Waals surface area contributed by atoms with Gasteiger partial charge in [0.1, 0.15) is 17.6 Å². The second-order valence-corrected chi connectivity index (χ2v) is 15.4. The van der Waals surface area contributed by atoms with Gasteiger partial charge >= 0.3 is 0 Å². The fourth-order valence-corrected chi connectivity index (χ4v) is 8.27. The highest BCUT2D eigenvalue weighted by Crippen LogP contribution is 2.60. The van der Waals surface area contributed by atoms with E-state index in [9.17, 15) is 14.4 Å². The molecular weight excluding hydrogens is 654 g/mol. The molecular formula is C38H46ClN7O4. The fraction of sp³-hybridized carbons (Fsp3) is 0.500. The van der Waals surface area contributed by atoms with Crippen LogP contribution in [0, 0.1) is 10.8 Å². The summed E-state index contributed by atoms with van der Waals surface area (Å²) in [6.45, 7) is 7.33. The number of hydrogen-bond donors (Lipinski definition) is 4. The Morgan fingerprint density at radius 1 is 1.02 bits per heavy atom. The molecule has 3 amide bonds. The molecule has 3 fully saturated rings. The first-order chi connectivity index (χ1) is 24.0. The molecule has 4 aromatic rings. The highest BCUT2D eigenvalue weighted by atomic mass is 35.5. The van der Waals surface area contributed by atoms with Gasteiger partial charge in [0.2, 0.25) is 11.8 Å². The maximum atomic E-state index is 14.3. The first-order valence-electron chi connectivity index (χ1n) is 17.7. The molecule has 1 saturated heterocycles. The number of aromatic amines is 1. The summed E-state index contributed by atoms with van der Waals surface area (Å²) in [5.74, 6) is -0.199. The van der Waals surface area contributed by atoms with Crippen molar-refractivity contribution in [2.45, 2.75) is 82.7 Å². The van der Waals surface area contributed by atoms with Crippen molar-refractivity contribution in [3.05, 3.63) is 82.4 Å². The highest BCUT2D eigenvalue weighted by molar-refractivity contribution is 6.31. The van der Waals surface area contributed by atoms with Crippen molar-refractivity contribution in [3.63, 3.8) is 0 Å². The lowest BCUT2D eigenvalue weighted by Gasteiger charge is -2.45. The number of likely N-dealkylation sites (N-methyl/N-ethyl adjacent to an activating group) is 1. The number of fused-ring (bicyclic) bond motifs is 1. The number of hydrogen-bond acceptors (Lipinski definition) is 6. The van der Waals surface area contributed by atoms with Gasteiger partial charge in [0.15, 0.2) is 0 Å². The van der Waals surface area contributed by atoms with Crippen LogP contribution in [0.4, 0.5) is 0 Å². The number of ether oxygens (including phenoxy) is 1. The van der Waals surface area contributed by atoms with E-state index in [0.717, 1.165) is 48.7 Å². The molecule has 264 valence electrons. The van der Waals surface area contributed by atoms with E-state index in [1.54, 1.807) is 24.0 Å². The van der Waals surface area contributed by atoms with Gasteiger partial charge in [0.25, 0.3) is 5.91 Å². The predicted molar refractivity (Wildman–Crippen MR) is 191 cm³/mol. The number of halogens is 1. The summed E-state index contributed by atoms with van der Waals surface area (Å²) in [4.78, 5) is 49.9. The second-order valence-electron chi connectivity index (χ2n) is 15.0. The van der Waals surface area contributed by atoms with Gasteiger partial charge in [0.05, 0.1) is 29.1 Å². The maximum Gasteiger partial charge on any atom is 0.270 e. The largest absolute Gasteiger partial charge is 0.380 e. The van der Waals surface area contributed by atoms with Crippen LogP contribution >= 0.6 is 11.6 Å². The minimum atomic E-state index is -0.973. The molecule has 0 bridgehead atoms. The Labute approximate surface area is 297 Å². The zero-order valence-corrected chi connectivity index (χ0v) is 29.9. The maximum absolute atomic E-state index is 14.3. The monoisotopic (exact) mass is 699 g/mol. The minimum Gasteiger partial charge on any atom is -0.380 e. The van der Waals surface area contributed by atoms with Crippen LogP contribution < -0.4 is 16.0 Å². The molecule has 2 aromatic heterocycles. The zero-order valence-electron chi connectivity index (χ0n) is 29.1. The van der Waals surface area contributed by atoms with Crippen molar-refractivity contribution in [2.24, 2.45) is 17.9 Å². The van der Waals surface area contributed by atoms with Crippen LogP contribution in [0.5, 0.6) is 0 Å². The van der Waals surface area contributed by atoms with Crippen molar-refractivity contribution in [1.29, 1.82) is 0 Å². The molecule has 0 spiro atoms. The molecule has 1 aliphatic heterocycles. The lowest BCUT2D eigenvalue weighted by atomic mass is 9.65. The van der Waals surface area contributed by atoms with Crippen LogP contribution in [-0.4, -0.2) is 63.3 Å². The van der Waals surface area contributed by atoms with Gasteiger partial charge in [-0.05, 0) is 85.3 Å². The molecule has 0 radical (unpaired) electrons. The fourth-order valence-electron chi connectivity index (χ4n) is 8.02. The molecule has 4 N–H and O–H groups in total. The third-order valence-corrected chi connectivity index (χ3v) is 11.9. The van der Waals surface area contributed by atoms with Crippen molar-refractivity contribution in [3.8, 4) is 0 Å². The average molecular weight is 700 g/mol. The first-order valence-corrected chi connectivity index (χ1v) is 18.1.